The van der Waals surface area contributed by atoms with Crippen molar-refractivity contribution in [3.05, 3.63) is 35.4 Å². The van der Waals surface area contributed by atoms with Crippen LogP contribution in [0.5, 0.6) is 0 Å². The smallest absolute Gasteiger partial charge is 0.227 e. The maximum atomic E-state index is 12.5. The van der Waals surface area contributed by atoms with Crippen LogP contribution in [-0.4, -0.2) is 44.6 Å². The molecule has 1 amide bonds. The third-order valence-corrected chi connectivity index (χ3v) is 5.56. The number of carbonyl (C=O) groups is 1. The van der Waals surface area contributed by atoms with Crippen molar-refractivity contribution in [2.75, 3.05) is 23.0 Å². The van der Waals surface area contributed by atoms with Crippen LogP contribution < -0.4 is 4.90 Å². The Hall–Kier alpha value is -1.66. The van der Waals surface area contributed by atoms with Crippen molar-refractivity contribution in [2.45, 2.75) is 27.2 Å². The Balaban J connectivity index is 2.23. The highest BCUT2D eigenvalue weighted by atomic mass is 35.5. The first kappa shape index (κ1) is 18.7. The summed E-state index contributed by atoms with van der Waals surface area (Å²) >= 11 is 6.29. The summed E-state index contributed by atoms with van der Waals surface area (Å²) < 4.78 is 1.66. The van der Waals surface area contributed by atoms with Crippen molar-refractivity contribution in [1.82, 2.24) is 14.8 Å². The molecule has 0 aromatic carbocycles. The van der Waals surface area contributed by atoms with Gasteiger partial charge < -0.3 is 4.90 Å². The molecule has 0 aliphatic heterocycles. The van der Waals surface area contributed by atoms with E-state index in [1.807, 2.05) is 19.9 Å². The zero-order valence-electron chi connectivity index (χ0n) is 14.3. The molecule has 1 unspecified atom stereocenters. The molecular weight excluding hydrogens is 344 g/mol. The van der Waals surface area contributed by atoms with Gasteiger partial charge in [-0.25, -0.2) is 4.68 Å². The van der Waals surface area contributed by atoms with Crippen molar-refractivity contribution < 1.29 is 4.79 Å². The molecule has 2 heterocycles. The van der Waals surface area contributed by atoms with Crippen LogP contribution in [0.3, 0.4) is 0 Å². The summed E-state index contributed by atoms with van der Waals surface area (Å²) in [5, 5.41) is 4.64. The van der Waals surface area contributed by atoms with E-state index in [1.165, 1.54) is 0 Å². The summed E-state index contributed by atoms with van der Waals surface area (Å²) in [4.78, 5) is 18.4. The topological polar surface area (TPSA) is 51.0 Å². The van der Waals surface area contributed by atoms with Crippen molar-refractivity contribution in [3.63, 3.8) is 0 Å². The van der Waals surface area contributed by atoms with E-state index in [2.05, 4.69) is 22.9 Å². The second-order valence-corrected chi connectivity index (χ2v) is 8.03. The Kier molecular flexibility index (Phi) is 6.57. The van der Waals surface area contributed by atoms with Crippen molar-refractivity contribution in [1.29, 1.82) is 0 Å². The second-order valence-electron chi connectivity index (χ2n) is 5.46. The summed E-state index contributed by atoms with van der Waals surface area (Å²) in [6.45, 7) is 6.54. The van der Waals surface area contributed by atoms with E-state index in [0.717, 1.165) is 22.8 Å². The Morgan fingerprint density at radius 2 is 2.17 bits per heavy atom. The van der Waals surface area contributed by atoms with Gasteiger partial charge in [-0.1, -0.05) is 24.4 Å². The van der Waals surface area contributed by atoms with Gasteiger partial charge in [0.05, 0.1) is 18.1 Å². The maximum Gasteiger partial charge on any atom is 0.227 e. The van der Waals surface area contributed by atoms with Crippen LogP contribution in [0.25, 0.3) is 5.69 Å². The molecule has 24 heavy (non-hydrogen) atoms. The van der Waals surface area contributed by atoms with E-state index in [0.29, 0.717) is 23.8 Å². The summed E-state index contributed by atoms with van der Waals surface area (Å²) in [7, 11) is 0.0354. The zero-order chi connectivity index (χ0) is 17.7. The van der Waals surface area contributed by atoms with Crippen LogP contribution >= 0.6 is 22.1 Å². The second kappa shape index (κ2) is 8.44. The van der Waals surface area contributed by atoms with E-state index >= 15 is 0 Å². The molecule has 0 radical (unpaired) electrons. The van der Waals surface area contributed by atoms with Gasteiger partial charge in [-0.05, 0) is 37.0 Å². The van der Waals surface area contributed by atoms with Gasteiger partial charge in [0.15, 0.2) is 5.15 Å². The van der Waals surface area contributed by atoms with Gasteiger partial charge in [0.2, 0.25) is 5.91 Å². The van der Waals surface area contributed by atoms with Gasteiger partial charge in [0.25, 0.3) is 0 Å². The molecular formula is C17H23ClN4OS. The number of amides is 1. The number of hydrogen-bond donors (Lipinski definition) is 0. The standard InChI is InChI=1S/C17H23ClN4OS/c1-5-21(16(23)7-8-24(4)6-2)15-12-22(20-17(15)18)14-9-13(3)10-19-11-14/h9-12H,4-8H2,1-3H3. The average Bonchev–Trinajstić information content (AvgIpc) is 2.95. The van der Waals surface area contributed by atoms with Gasteiger partial charge >= 0.3 is 0 Å². The molecule has 7 heteroatoms. The number of halogens is 1. The SMILES string of the molecule is C=S(CC)CCC(=O)N(CC)c1cn(-c2cncc(C)c2)nc1Cl. The maximum absolute atomic E-state index is 12.5. The first-order chi connectivity index (χ1) is 11.5. The Labute approximate surface area is 150 Å². The minimum Gasteiger partial charge on any atom is -0.308 e. The van der Waals surface area contributed by atoms with E-state index < -0.39 is 0 Å². The van der Waals surface area contributed by atoms with Crippen LogP contribution in [-0.2, 0) is 4.79 Å². The first-order valence-corrected chi connectivity index (χ1v) is 10.0. The zero-order valence-corrected chi connectivity index (χ0v) is 15.9. The van der Waals surface area contributed by atoms with Crippen LogP contribution in [0.4, 0.5) is 5.69 Å². The molecule has 0 N–H and O–H groups in total. The summed E-state index contributed by atoms with van der Waals surface area (Å²) in [6.07, 6.45) is 5.75. The normalized spacial score (nSPS) is 12.2. The summed E-state index contributed by atoms with van der Waals surface area (Å²) in [6, 6.07) is 1.97. The van der Waals surface area contributed by atoms with Gasteiger partial charge in [-0.15, -0.1) is 0 Å². The lowest BCUT2D eigenvalue weighted by molar-refractivity contribution is -0.118. The average molecular weight is 367 g/mol. The van der Waals surface area contributed by atoms with Gasteiger partial charge in [-0.3, -0.25) is 9.78 Å². The molecule has 2 rings (SSSR count). The quantitative estimate of drug-likeness (QED) is 0.702. The number of hydrogen-bond acceptors (Lipinski definition) is 3. The summed E-state index contributed by atoms with van der Waals surface area (Å²) in [5.41, 5.74) is 2.48. The predicted molar refractivity (Wildman–Crippen MR) is 104 cm³/mol. The van der Waals surface area contributed by atoms with Gasteiger partial charge in [-0.2, -0.15) is 15.6 Å². The van der Waals surface area contributed by atoms with Crippen LogP contribution in [0.2, 0.25) is 5.15 Å². The van der Waals surface area contributed by atoms with Gasteiger partial charge in [0.1, 0.15) is 5.69 Å². The number of aryl methyl sites for hydroxylation is 1. The molecule has 0 bridgehead atoms. The van der Waals surface area contributed by atoms with Crippen molar-refractivity contribution >= 4 is 39.5 Å². The fraction of sp³-hybridized carbons (Fsp3) is 0.412. The number of rotatable bonds is 7. The number of carbonyl (C=O) groups excluding carboxylic acids is 1. The number of pyridine rings is 1. The van der Waals surface area contributed by atoms with Crippen LogP contribution in [0, 0.1) is 6.92 Å². The van der Waals surface area contributed by atoms with Gasteiger partial charge in [0, 0.05) is 19.2 Å². The first-order valence-electron chi connectivity index (χ1n) is 7.91. The highest BCUT2D eigenvalue weighted by molar-refractivity contribution is 8.14. The van der Waals surface area contributed by atoms with Crippen LogP contribution in [0.15, 0.2) is 24.7 Å². The minimum atomic E-state index is 0.0354. The molecule has 1 atom stereocenters. The minimum absolute atomic E-state index is 0.0354. The third-order valence-electron chi connectivity index (χ3n) is 3.70. The third kappa shape index (κ3) is 4.45. The fourth-order valence-corrected chi connectivity index (χ4v) is 3.30. The largest absolute Gasteiger partial charge is 0.308 e. The fourth-order valence-electron chi connectivity index (χ4n) is 2.31. The molecule has 0 aliphatic carbocycles. The van der Waals surface area contributed by atoms with E-state index in [9.17, 15) is 4.79 Å². The molecule has 0 saturated heterocycles. The van der Waals surface area contributed by atoms with Crippen molar-refractivity contribution in [2.24, 2.45) is 0 Å². The lowest BCUT2D eigenvalue weighted by atomic mass is 10.3. The number of anilines is 1. The highest BCUT2D eigenvalue weighted by Crippen LogP contribution is 2.27. The van der Waals surface area contributed by atoms with E-state index in [-0.39, 0.29) is 16.4 Å². The van der Waals surface area contributed by atoms with E-state index in [1.54, 1.807) is 28.2 Å². The lowest BCUT2D eigenvalue weighted by Gasteiger charge is -2.19. The Morgan fingerprint density at radius 3 is 2.79 bits per heavy atom. The molecule has 130 valence electrons. The molecule has 5 nitrogen and oxygen atoms in total. The molecule has 2 aromatic heterocycles. The lowest BCUT2D eigenvalue weighted by Crippen LogP contribution is -2.30. The highest BCUT2D eigenvalue weighted by Gasteiger charge is 2.20. The van der Waals surface area contributed by atoms with E-state index in [4.69, 9.17) is 11.6 Å². The molecule has 0 aliphatic rings. The molecule has 0 fully saturated rings. The van der Waals surface area contributed by atoms with Crippen LogP contribution in [0.1, 0.15) is 25.8 Å². The number of nitrogens with zero attached hydrogens (tertiary/aromatic N) is 4. The molecule has 2 aromatic rings. The monoisotopic (exact) mass is 366 g/mol. The molecule has 0 saturated carbocycles. The Morgan fingerprint density at radius 1 is 1.42 bits per heavy atom. The van der Waals surface area contributed by atoms with Crippen molar-refractivity contribution in [3.8, 4) is 5.69 Å². The molecule has 0 spiro atoms. The summed E-state index contributed by atoms with van der Waals surface area (Å²) in [5.74, 6) is 5.92. The predicted octanol–water partition coefficient (Wildman–Crippen LogP) is 3.69. The number of aromatic nitrogens is 3. The Bertz CT molecular complexity index is 744.